The van der Waals surface area contributed by atoms with E-state index in [0.29, 0.717) is 6.04 Å². The van der Waals surface area contributed by atoms with Crippen molar-refractivity contribution in [2.75, 3.05) is 20.1 Å². The molecule has 1 saturated carbocycles. The number of piperidine rings is 1. The molecular weight excluding hydrogens is 186 g/mol. The molecule has 15 heavy (non-hydrogen) atoms. The summed E-state index contributed by atoms with van der Waals surface area (Å²) in [6.07, 6.45) is 2.12. The molecule has 0 radical (unpaired) electrons. The summed E-state index contributed by atoms with van der Waals surface area (Å²) in [6.45, 7) is 6.89. The van der Waals surface area contributed by atoms with E-state index >= 15 is 0 Å². The molecule has 0 bridgehead atoms. The minimum atomic E-state index is 0.486. The van der Waals surface area contributed by atoms with Gasteiger partial charge in [0.05, 0.1) is 5.69 Å². The Morgan fingerprint density at radius 1 is 1.33 bits per heavy atom. The van der Waals surface area contributed by atoms with Gasteiger partial charge >= 0.3 is 0 Å². The molecular formula is C12H19N3. The molecule has 3 nitrogen and oxygen atoms in total. The molecule has 1 aromatic heterocycles. The van der Waals surface area contributed by atoms with Crippen LogP contribution in [-0.4, -0.2) is 34.8 Å². The zero-order valence-corrected chi connectivity index (χ0v) is 9.72. The molecule has 3 rings (SSSR count). The lowest BCUT2D eigenvalue weighted by Gasteiger charge is -2.11. The zero-order chi connectivity index (χ0) is 10.6. The molecule has 2 atom stereocenters. The van der Waals surface area contributed by atoms with Crippen LogP contribution in [0.2, 0.25) is 0 Å². The number of hydrogen-bond donors (Lipinski definition) is 0. The number of rotatable bonds is 2. The van der Waals surface area contributed by atoms with Crippen molar-refractivity contribution in [3.8, 4) is 0 Å². The van der Waals surface area contributed by atoms with Gasteiger partial charge in [-0.25, -0.2) is 0 Å². The number of aromatic nitrogens is 2. The number of fused-ring (bicyclic) bond motifs is 1. The lowest BCUT2D eigenvalue weighted by Crippen LogP contribution is -2.18. The van der Waals surface area contributed by atoms with E-state index in [-0.39, 0.29) is 0 Å². The van der Waals surface area contributed by atoms with E-state index in [0.717, 1.165) is 17.8 Å². The Morgan fingerprint density at radius 2 is 2.00 bits per heavy atom. The van der Waals surface area contributed by atoms with Gasteiger partial charge in [0, 0.05) is 31.2 Å². The second-order valence-electron chi connectivity index (χ2n) is 5.39. The number of nitrogens with zero attached hydrogens (tertiary/aromatic N) is 3. The van der Waals surface area contributed by atoms with Gasteiger partial charge < -0.3 is 4.90 Å². The first-order valence-corrected chi connectivity index (χ1v) is 5.90. The number of likely N-dealkylation sites (tertiary alicyclic amines) is 1. The molecule has 1 aliphatic carbocycles. The van der Waals surface area contributed by atoms with Crippen LogP contribution in [0.25, 0.3) is 0 Å². The van der Waals surface area contributed by atoms with E-state index < -0.39 is 0 Å². The van der Waals surface area contributed by atoms with Crippen LogP contribution in [0, 0.1) is 11.8 Å². The third kappa shape index (κ3) is 1.41. The van der Waals surface area contributed by atoms with Crippen LogP contribution in [0.15, 0.2) is 12.3 Å². The first-order chi connectivity index (χ1) is 7.16. The maximum Gasteiger partial charge on any atom is 0.0662 e. The monoisotopic (exact) mass is 205 g/mol. The molecule has 2 aliphatic rings. The summed E-state index contributed by atoms with van der Waals surface area (Å²) in [6, 6.07) is 2.70. The third-order valence-electron chi connectivity index (χ3n) is 3.88. The van der Waals surface area contributed by atoms with Gasteiger partial charge in [0.2, 0.25) is 0 Å². The molecule has 2 unspecified atom stereocenters. The van der Waals surface area contributed by atoms with Crippen molar-refractivity contribution in [1.82, 2.24) is 14.7 Å². The Bertz CT molecular complexity index is 357. The van der Waals surface area contributed by atoms with Crippen molar-refractivity contribution in [3.05, 3.63) is 18.0 Å². The Hall–Kier alpha value is -0.830. The van der Waals surface area contributed by atoms with Crippen molar-refractivity contribution in [1.29, 1.82) is 0 Å². The molecule has 3 heteroatoms. The molecule has 82 valence electrons. The van der Waals surface area contributed by atoms with Gasteiger partial charge in [0.15, 0.2) is 0 Å². The van der Waals surface area contributed by atoms with E-state index in [1.807, 2.05) is 0 Å². The quantitative estimate of drug-likeness (QED) is 0.733. The smallest absolute Gasteiger partial charge is 0.0662 e. The molecule has 0 aromatic carbocycles. The number of hydrogen-bond acceptors (Lipinski definition) is 2. The molecule has 1 aromatic rings. The maximum atomic E-state index is 4.68. The summed E-state index contributed by atoms with van der Waals surface area (Å²) in [7, 11) is 2.22. The summed E-state index contributed by atoms with van der Waals surface area (Å²) < 4.78 is 2.08. The Balaban J connectivity index is 1.74. The lowest BCUT2D eigenvalue weighted by molar-refractivity contribution is 0.360. The predicted molar refractivity (Wildman–Crippen MR) is 59.8 cm³/mol. The fraction of sp³-hybridized carbons (Fsp3) is 0.750. The summed E-state index contributed by atoms with van der Waals surface area (Å²) in [5.41, 5.74) is 1.33. The van der Waals surface area contributed by atoms with Crippen LogP contribution in [0.1, 0.15) is 31.5 Å². The molecule has 0 N–H and O–H groups in total. The summed E-state index contributed by atoms with van der Waals surface area (Å²) in [5.74, 6) is 2.55. The van der Waals surface area contributed by atoms with Crippen LogP contribution < -0.4 is 0 Å². The average molecular weight is 205 g/mol. The molecule has 2 fully saturated rings. The SMILES string of the molecule is CC(C)n1ccc(C2C3CN(C)CC32)n1. The van der Waals surface area contributed by atoms with Gasteiger partial charge in [-0.3, -0.25) is 4.68 Å². The summed E-state index contributed by atoms with van der Waals surface area (Å²) >= 11 is 0. The summed E-state index contributed by atoms with van der Waals surface area (Å²) in [4.78, 5) is 2.44. The topological polar surface area (TPSA) is 21.1 Å². The Morgan fingerprint density at radius 3 is 2.53 bits per heavy atom. The fourth-order valence-corrected chi connectivity index (χ4v) is 2.99. The standard InChI is InChI=1S/C12H19N3/c1-8(2)15-5-4-11(13-15)12-9-6-14(3)7-10(9)12/h4-5,8-10,12H,6-7H2,1-3H3. The first-order valence-electron chi connectivity index (χ1n) is 5.90. The van der Waals surface area contributed by atoms with Gasteiger partial charge in [0.25, 0.3) is 0 Å². The summed E-state index contributed by atoms with van der Waals surface area (Å²) in [5, 5.41) is 4.68. The van der Waals surface area contributed by atoms with Crippen molar-refractivity contribution < 1.29 is 0 Å². The van der Waals surface area contributed by atoms with Crippen LogP contribution in [0.4, 0.5) is 0 Å². The molecule has 1 saturated heterocycles. The molecule has 1 aliphatic heterocycles. The van der Waals surface area contributed by atoms with E-state index in [1.54, 1.807) is 0 Å². The maximum absolute atomic E-state index is 4.68. The van der Waals surface area contributed by atoms with Gasteiger partial charge in [-0.15, -0.1) is 0 Å². The Labute approximate surface area is 91.1 Å². The minimum absolute atomic E-state index is 0.486. The van der Waals surface area contributed by atoms with Gasteiger partial charge in [-0.1, -0.05) is 0 Å². The second-order valence-corrected chi connectivity index (χ2v) is 5.39. The van der Waals surface area contributed by atoms with E-state index in [9.17, 15) is 0 Å². The van der Waals surface area contributed by atoms with Crippen LogP contribution in [-0.2, 0) is 0 Å². The van der Waals surface area contributed by atoms with Crippen molar-refractivity contribution in [2.24, 2.45) is 11.8 Å². The molecule has 0 amide bonds. The zero-order valence-electron chi connectivity index (χ0n) is 9.72. The third-order valence-corrected chi connectivity index (χ3v) is 3.88. The van der Waals surface area contributed by atoms with Gasteiger partial charge in [0.1, 0.15) is 0 Å². The van der Waals surface area contributed by atoms with E-state index in [2.05, 4.69) is 47.8 Å². The Kier molecular flexibility index (Phi) is 1.93. The van der Waals surface area contributed by atoms with Gasteiger partial charge in [-0.05, 0) is 38.8 Å². The molecule has 2 heterocycles. The fourth-order valence-electron chi connectivity index (χ4n) is 2.99. The normalized spacial score (nSPS) is 34.8. The molecule has 0 spiro atoms. The van der Waals surface area contributed by atoms with Crippen LogP contribution in [0.3, 0.4) is 0 Å². The van der Waals surface area contributed by atoms with Crippen molar-refractivity contribution >= 4 is 0 Å². The largest absolute Gasteiger partial charge is 0.306 e. The van der Waals surface area contributed by atoms with Crippen molar-refractivity contribution in [3.63, 3.8) is 0 Å². The first kappa shape index (κ1) is 9.40. The highest BCUT2D eigenvalue weighted by Crippen LogP contribution is 2.57. The highest BCUT2D eigenvalue weighted by molar-refractivity contribution is 5.23. The van der Waals surface area contributed by atoms with E-state index in [1.165, 1.54) is 18.8 Å². The van der Waals surface area contributed by atoms with Gasteiger partial charge in [-0.2, -0.15) is 5.10 Å². The second kappa shape index (κ2) is 3.08. The van der Waals surface area contributed by atoms with Crippen molar-refractivity contribution in [2.45, 2.75) is 25.8 Å². The highest BCUT2D eigenvalue weighted by Gasteiger charge is 2.56. The van der Waals surface area contributed by atoms with Crippen LogP contribution in [0.5, 0.6) is 0 Å². The van der Waals surface area contributed by atoms with E-state index in [4.69, 9.17) is 0 Å². The lowest BCUT2D eigenvalue weighted by atomic mass is 10.2. The van der Waals surface area contributed by atoms with Crippen LogP contribution >= 0.6 is 0 Å². The predicted octanol–water partition coefficient (Wildman–Crippen LogP) is 1.74. The average Bonchev–Trinajstić information content (AvgIpc) is 2.64. The highest BCUT2D eigenvalue weighted by atomic mass is 15.3. The minimum Gasteiger partial charge on any atom is -0.306 e.